The molecule has 0 aromatic heterocycles. The summed E-state index contributed by atoms with van der Waals surface area (Å²) in [4.78, 5) is 0. The summed E-state index contributed by atoms with van der Waals surface area (Å²) in [6.45, 7) is 8.83. The van der Waals surface area contributed by atoms with E-state index in [0.717, 1.165) is 12.0 Å². The Kier molecular flexibility index (Phi) is 5.78. The molecular formula is C15H24ClFN2. The molecule has 0 fully saturated rings. The molecule has 0 bridgehead atoms. The van der Waals surface area contributed by atoms with Gasteiger partial charge in [0.15, 0.2) is 0 Å². The van der Waals surface area contributed by atoms with Gasteiger partial charge in [-0.1, -0.05) is 51.4 Å². The Morgan fingerprint density at radius 3 is 2.53 bits per heavy atom. The topological polar surface area (TPSA) is 38.0 Å². The lowest BCUT2D eigenvalue weighted by Gasteiger charge is -2.30. The fraction of sp³-hybridized carbons (Fsp3) is 0.600. The van der Waals surface area contributed by atoms with Crippen LogP contribution in [0.5, 0.6) is 0 Å². The van der Waals surface area contributed by atoms with Gasteiger partial charge in [0.05, 0.1) is 5.02 Å². The van der Waals surface area contributed by atoms with E-state index < -0.39 is 0 Å². The number of nitrogens with one attached hydrogen (secondary N) is 1. The van der Waals surface area contributed by atoms with E-state index in [1.807, 2.05) is 6.07 Å². The molecule has 0 heterocycles. The third-order valence-corrected chi connectivity index (χ3v) is 4.27. The molecule has 2 atom stereocenters. The molecule has 108 valence electrons. The molecule has 1 aromatic rings. The van der Waals surface area contributed by atoms with Crippen molar-refractivity contribution >= 4 is 11.6 Å². The van der Waals surface area contributed by atoms with Gasteiger partial charge in [0.1, 0.15) is 5.82 Å². The third-order valence-electron chi connectivity index (χ3n) is 3.85. The van der Waals surface area contributed by atoms with Crippen LogP contribution in [0.4, 0.5) is 4.39 Å². The zero-order chi connectivity index (χ0) is 14.6. The summed E-state index contributed by atoms with van der Waals surface area (Å²) >= 11 is 5.98. The van der Waals surface area contributed by atoms with Crippen LogP contribution < -0.4 is 11.3 Å². The van der Waals surface area contributed by atoms with Crippen LogP contribution in [-0.4, -0.2) is 6.04 Å². The van der Waals surface area contributed by atoms with Gasteiger partial charge in [0, 0.05) is 6.04 Å². The highest BCUT2D eigenvalue weighted by Crippen LogP contribution is 2.30. The molecule has 0 spiro atoms. The average molecular weight is 287 g/mol. The molecule has 2 unspecified atom stereocenters. The van der Waals surface area contributed by atoms with Crippen molar-refractivity contribution in [3.8, 4) is 0 Å². The standard InChI is InChI=1S/C15H24ClFN2/c1-10(15(2,3)4)8-12(19-18)9-11-6-5-7-13(17)14(11)16/h5-7,10,12,19H,8-9,18H2,1-4H3. The maximum absolute atomic E-state index is 13.4. The lowest BCUT2D eigenvalue weighted by atomic mass is 9.78. The summed E-state index contributed by atoms with van der Waals surface area (Å²) in [5.41, 5.74) is 3.84. The maximum Gasteiger partial charge on any atom is 0.142 e. The molecule has 0 saturated carbocycles. The van der Waals surface area contributed by atoms with Gasteiger partial charge in [-0.05, 0) is 35.8 Å². The van der Waals surface area contributed by atoms with Gasteiger partial charge in [0.2, 0.25) is 0 Å². The minimum absolute atomic E-state index is 0.0912. The quantitative estimate of drug-likeness (QED) is 0.636. The van der Waals surface area contributed by atoms with Crippen molar-refractivity contribution in [2.45, 2.75) is 46.6 Å². The van der Waals surface area contributed by atoms with Crippen LogP contribution in [0.2, 0.25) is 5.02 Å². The highest BCUT2D eigenvalue weighted by Gasteiger charge is 2.23. The summed E-state index contributed by atoms with van der Waals surface area (Å²) < 4.78 is 13.4. The molecule has 0 saturated heterocycles. The Bertz CT molecular complexity index is 415. The molecule has 1 rings (SSSR count). The smallest absolute Gasteiger partial charge is 0.142 e. The summed E-state index contributed by atoms with van der Waals surface area (Å²) in [6.07, 6.45) is 1.56. The molecular weight excluding hydrogens is 263 g/mol. The first-order valence-corrected chi connectivity index (χ1v) is 7.02. The largest absolute Gasteiger partial charge is 0.271 e. The van der Waals surface area contributed by atoms with E-state index >= 15 is 0 Å². The zero-order valence-corrected chi connectivity index (χ0v) is 12.9. The molecule has 19 heavy (non-hydrogen) atoms. The predicted molar refractivity (Wildman–Crippen MR) is 79.5 cm³/mol. The first-order chi connectivity index (χ1) is 8.75. The monoisotopic (exact) mass is 286 g/mol. The summed E-state index contributed by atoms with van der Waals surface area (Å²) in [6, 6.07) is 4.98. The lowest BCUT2D eigenvalue weighted by Crippen LogP contribution is -2.39. The first kappa shape index (κ1) is 16.4. The number of hydrogen-bond acceptors (Lipinski definition) is 2. The minimum Gasteiger partial charge on any atom is -0.271 e. The van der Waals surface area contributed by atoms with Crippen molar-refractivity contribution in [1.82, 2.24) is 5.43 Å². The van der Waals surface area contributed by atoms with Crippen LogP contribution in [0, 0.1) is 17.2 Å². The molecule has 2 nitrogen and oxygen atoms in total. The van der Waals surface area contributed by atoms with E-state index in [0.29, 0.717) is 12.3 Å². The van der Waals surface area contributed by atoms with Gasteiger partial charge >= 0.3 is 0 Å². The Balaban J connectivity index is 2.75. The number of halogens is 2. The molecule has 1 aromatic carbocycles. The van der Waals surface area contributed by atoms with E-state index in [-0.39, 0.29) is 22.3 Å². The highest BCUT2D eigenvalue weighted by molar-refractivity contribution is 6.31. The third kappa shape index (κ3) is 4.75. The van der Waals surface area contributed by atoms with Gasteiger partial charge in [0.25, 0.3) is 0 Å². The molecule has 4 heteroatoms. The summed E-state index contributed by atoms with van der Waals surface area (Å²) in [5, 5.41) is 0.200. The van der Waals surface area contributed by atoms with Crippen molar-refractivity contribution in [1.29, 1.82) is 0 Å². The lowest BCUT2D eigenvalue weighted by molar-refractivity contribution is 0.222. The van der Waals surface area contributed by atoms with E-state index in [1.54, 1.807) is 6.07 Å². The van der Waals surface area contributed by atoms with Crippen LogP contribution >= 0.6 is 11.6 Å². The Morgan fingerprint density at radius 1 is 1.37 bits per heavy atom. The predicted octanol–water partition coefficient (Wildman–Crippen LogP) is 3.93. The van der Waals surface area contributed by atoms with E-state index in [1.165, 1.54) is 6.07 Å². The van der Waals surface area contributed by atoms with Crippen LogP contribution in [0.15, 0.2) is 18.2 Å². The van der Waals surface area contributed by atoms with E-state index in [2.05, 4.69) is 33.1 Å². The summed E-state index contributed by atoms with van der Waals surface area (Å²) in [7, 11) is 0. The Hall–Kier alpha value is -0.640. The van der Waals surface area contributed by atoms with E-state index in [4.69, 9.17) is 17.4 Å². The fourth-order valence-corrected chi connectivity index (χ4v) is 2.17. The molecule has 0 amide bonds. The number of rotatable bonds is 5. The van der Waals surface area contributed by atoms with Gasteiger partial charge in [-0.2, -0.15) is 0 Å². The van der Waals surface area contributed by atoms with Gasteiger partial charge in [-0.25, -0.2) is 4.39 Å². The fourth-order valence-electron chi connectivity index (χ4n) is 1.96. The Labute approximate surface area is 120 Å². The second-order valence-corrected chi connectivity index (χ2v) is 6.66. The number of nitrogens with two attached hydrogens (primary N) is 1. The van der Waals surface area contributed by atoms with Crippen LogP contribution in [0.25, 0.3) is 0 Å². The van der Waals surface area contributed by atoms with Crippen LogP contribution in [0.3, 0.4) is 0 Å². The number of benzene rings is 1. The van der Waals surface area contributed by atoms with Crippen molar-refractivity contribution in [2.75, 3.05) is 0 Å². The van der Waals surface area contributed by atoms with Crippen molar-refractivity contribution < 1.29 is 4.39 Å². The van der Waals surface area contributed by atoms with Gasteiger partial charge in [-0.3, -0.25) is 11.3 Å². The SMILES string of the molecule is CC(CC(Cc1cccc(F)c1Cl)NN)C(C)(C)C. The number of hydrazine groups is 1. The normalized spacial score (nSPS) is 15.3. The number of hydrogen-bond donors (Lipinski definition) is 2. The molecule has 0 aliphatic heterocycles. The molecule has 0 aliphatic rings. The second-order valence-electron chi connectivity index (χ2n) is 6.28. The highest BCUT2D eigenvalue weighted by atomic mass is 35.5. The first-order valence-electron chi connectivity index (χ1n) is 6.64. The molecule has 0 aliphatic carbocycles. The van der Waals surface area contributed by atoms with Crippen LogP contribution in [0.1, 0.15) is 39.7 Å². The zero-order valence-electron chi connectivity index (χ0n) is 12.1. The minimum atomic E-state index is -0.376. The van der Waals surface area contributed by atoms with E-state index in [9.17, 15) is 4.39 Å². The molecule has 3 N–H and O–H groups in total. The maximum atomic E-state index is 13.4. The van der Waals surface area contributed by atoms with Gasteiger partial charge < -0.3 is 0 Å². The average Bonchev–Trinajstić information content (AvgIpc) is 2.32. The van der Waals surface area contributed by atoms with Crippen molar-refractivity contribution in [2.24, 2.45) is 17.2 Å². The van der Waals surface area contributed by atoms with Crippen molar-refractivity contribution in [3.63, 3.8) is 0 Å². The Morgan fingerprint density at radius 2 is 2.00 bits per heavy atom. The molecule has 0 radical (unpaired) electrons. The second kappa shape index (κ2) is 6.69. The van der Waals surface area contributed by atoms with Crippen LogP contribution in [-0.2, 0) is 6.42 Å². The van der Waals surface area contributed by atoms with Crippen molar-refractivity contribution in [3.05, 3.63) is 34.6 Å². The van der Waals surface area contributed by atoms with Gasteiger partial charge in [-0.15, -0.1) is 0 Å². The summed E-state index contributed by atoms with van der Waals surface area (Å²) in [5.74, 6) is 5.74.